The molecule has 3 rings (SSSR count). The van der Waals surface area contributed by atoms with E-state index in [0.717, 1.165) is 5.56 Å². The Morgan fingerprint density at radius 1 is 1.23 bits per heavy atom. The van der Waals surface area contributed by atoms with Crippen molar-refractivity contribution in [1.82, 2.24) is 14.5 Å². The summed E-state index contributed by atoms with van der Waals surface area (Å²) in [5, 5.41) is 8.72. The van der Waals surface area contributed by atoms with Crippen LogP contribution in [0, 0.1) is 0 Å². The van der Waals surface area contributed by atoms with Crippen molar-refractivity contribution >= 4 is 11.8 Å². The Morgan fingerprint density at radius 2 is 2.05 bits per heavy atom. The number of pyridine rings is 1. The second kappa shape index (κ2) is 6.06. The predicted molar refractivity (Wildman–Crippen MR) is 78.7 cm³/mol. The lowest BCUT2D eigenvalue weighted by molar-refractivity contribution is 0.202. The van der Waals surface area contributed by atoms with Gasteiger partial charge in [0.2, 0.25) is 0 Å². The fourth-order valence-electron chi connectivity index (χ4n) is 1.84. The average molecular weight is 296 g/mol. The zero-order valence-corrected chi connectivity index (χ0v) is 11.4. The smallest absolute Gasteiger partial charge is 0.410 e. The fraction of sp³-hybridized carbons (Fsp3) is 0. The average Bonchev–Trinajstić information content (AvgIpc) is 3.06. The number of hydrogen-bond acceptors (Lipinski definition) is 6. The minimum Gasteiger partial charge on any atom is -0.410 e. The van der Waals surface area contributed by atoms with Crippen LogP contribution in [0.1, 0.15) is 0 Å². The number of imidazole rings is 1. The third-order valence-corrected chi connectivity index (χ3v) is 2.94. The van der Waals surface area contributed by atoms with E-state index in [4.69, 9.17) is 9.94 Å². The van der Waals surface area contributed by atoms with Gasteiger partial charge in [0.05, 0.1) is 11.4 Å². The van der Waals surface area contributed by atoms with Crippen LogP contribution in [0.25, 0.3) is 11.3 Å². The first-order valence-electron chi connectivity index (χ1n) is 6.43. The number of aromatic nitrogens is 3. The van der Waals surface area contributed by atoms with Gasteiger partial charge >= 0.3 is 6.09 Å². The second-order valence-corrected chi connectivity index (χ2v) is 4.41. The van der Waals surface area contributed by atoms with Crippen molar-refractivity contribution in [3.05, 3.63) is 61.3 Å². The van der Waals surface area contributed by atoms with Crippen molar-refractivity contribution in [1.29, 1.82) is 0 Å². The van der Waals surface area contributed by atoms with Gasteiger partial charge in [0.1, 0.15) is 12.1 Å². The molecule has 0 aliphatic rings. The van der Waals surface area contributed by atoms with E-state index in [1.807, 2.05) is 11.5 Å². The predicted octanol–water partition coefficient (Wildman–Crippen LogP) is 2.79. The van der Waals surface area contributed by atoms with Gasteiger partial charge in [-0.1, -0.05) is 0 Å². The maximum absolute atomic E-state index is 12.0. The molecule has 22 heavy (non-hydrogen) atoms. The molecule has 0 amide bonds. The number of benzene rings is 1. The maximum atomic E-state index is 12.0. The molecule has 0 saturated carbocycles. The summed E-state index contributed by atoms with van der Waals surface area (Å²) in [6.07, 6.45) is 5.71. The van der Waals surface area contributed by atoms with Gasteiger partial charge in [-0.25, -0.2) is 14.3 Å². The van der Waals surface area contributed by atoms with E-state index in [0.29, 0.717) is 17.1 Å². The lowest BCUT2D eigenvalue weighted by Gasteiger charge is -2.04. The van der Waals surface area contributed by atoms with E-state index in [1.54, 1.807) is 48.9 Å². The van der Waals surface area contributed by atoms with Crippen LogP contribution < -0.4 is 10.2 Å². The Morgan fingerprint density at radius 3 is 2.73 bits per heavy atom. The first kappa shape index (κ1) is 13.8. The third-order valence-electron chi connectivity index (χ3n) is 2.94. The summed E-state index contributed by atoms with van der Waals surface area (Å²) in [7, 11) is 0. The molecule has 3 aromatic rings. The molecule has 2 N–H and O–H groups in total. The zero-order chi connectivity index (χ0) is 15.4. The van der Waals surface area contributed by atoms with Crippen LogP contribution in [0.3, 0.4) is 0 Å². The SMILES string of the molecule is O=C(Oc1ccc(NO)cc1)n1cnc(-c2cccnc2)c1. The molecule has 1 aromatic carbocycles. The highest BCUT2D eigenvalue weighted by Gasteiger charge is 2.10. The standard InChI is InChI=1S/C15H12N4O3/c20-15(22-13-5-3-12(18-21)4-6-13)19-9-14(17-10-19)11-2-1-7-16-8-11/h1-10,18,21H. The number of carbonyl (C=O) groups is 1. The molecule has 0 unspecified atom stereocenters. The number of nitrogens with one attached hydrogen (secondary N) is 1. The molecular weight excluding hydrogens is 284 g/mol. The number of hydrogen-bond donors (Lipinski definition) is 2. The largest absolute Gasteiger partial charge is 0.424 e. The first-order chi connectivity index (χ1) is 10.8. The van der Waals surface area contributed by atoms with Crippen molar-refractivity contribution in [3.8, 4) is 17.0 Å². The number of rotatable bonds is 3. The highest BCUT2D eigenvalue weighted by Crippen LogP contribution is 2.17. The highest BCUT2D eigenvalue weighted by molar-refractivity contribution is 5.74. The summed E-state index contributed by atoms with van der Waals surface area (Å²) in [6, 6.07) is 9.94. The van der Waals surface area contributed by atoms with E-state index < -0.39 is 6.09 Å². The lowest BCUT2D eigenvalue weighted by atomic mass is 10.2. The van der Waals surface area contributed by atoms with Crippen molar-refractivity contribution in [3.63, 3.8) is 0 Å². The lowest BCUT2D eigenvalue weighted by Crippen LogP contribution is -2.14. The van der Waals surface area contributed by atoms with Crippen molar-refractivity contribution in [2.75, 3.05) is 5.48 Å². The molecule has 7 nitrogen and oxygen atoms in total. The Hall–Kier alpha value is -3.19. The van der Waals surface area contributed by atoms with Crippen LogP contribution in [0.5, 0.6) is 5.75 Å². The summed E-state index contributed by atoms with van der Waals surface area (Å²) >= 11 is 0. The molecule has 0 radical (unpaired) electrons. The Balaban J connectivity index is 1.74. The fourth-order valence-corrected chi connectivity index (χ4v) is 1.84. The second-order valence-electron chi connectivity index (χ2n) is 4.41. The molecule has 0 spiro atoms. The van der Waals surface area contributed by atoms with Crippen LogP contribution in [-0.4, -0.2) is 25.8 Å². The van der Waals surface area contributed by atoms with E-state index in [9.17, 15) is 4.79 Å². The highest BCUT2D eigenvalue weighted by atomic mass is 16.6. The van der Waals surface area contributed by atoms with Gasteiger partial charge in [0.25, 0.3) is 0 Å². The van der Waals surface area contributed by atoms with Gasteiger partial charge in [0.15, 0.2) is 0 Å². The summed E-state index contributed by atoms with van der Waals surface area (Å²) in [5.41, 5.74) is 3.94. The summed E-state index contributed by atoms with van der Waals surface area (Å²) in [5.74, 6) is 0.362. The molecule has 0 bridgehead atoms. The maximum Gasteiger partial charge on any atom is 0.424 e. The molecule has 0 saturated heterocycles. The van der Waals surface area contributed by atoms with Crippen LogP contribution in [-0.2, 0) is 0 Å². The molecule has 7 heteroatoms. The summed E-state index contributed by atoms with van der Waals surface area (Å²) in [6.45, 7) is 0. The first-order valence-corrected chi connectivity index (χ1v) is 6.43. The molecule has 2 heterocycles. The van der Waals surface area contributed by atoms with E-state index >= 15 is 0 Å². The van der Waals surface area contributed by atoms with Gasteiger partial charge in [-0.2, -0.15) is 0 Å². The topological polar surface area (TPSA) is 89.3 Å². The minimum atomic E-state index is -0.577. The number of anilines is 1. The third kappa shape index (κ3) is 2.94. The molecule has 110 valence electrons. The van der Waals surface area contributed by atoms with Crippen LogP contribution in [0.15, 0.2) is 61.3 Å². The van der Waals surface area contributed by atoms with Crippen LogP contribution >= 0.6 is 0 Å². The molecule has 0 atom stereocenters. The van der Waals surface area contributed by atoms with Gasteiger partial charge in [-0.05, 0) is 36.4 Å². The van der Waals surface area contributed by atoms with Crippen LogP contribution in [0.4, 0.5) is 10.5 Å². The normalized spacial score (nSPS) is 10.2. The monoisotopic (exact) mass is 296 g/mol. The van der Waals surface area contributed by atoms with Gasteiger partial charge < -0.3 is 4.74 Å². The Kier molecular flexibility index (Phi) is 3.80. The van der Waals surface area contributed by atoms with Gasteiger partial charge in [-0.15, -0.1) is 0 Å². The Labute approximate surface area is 125 Å². The van der Waals surface area contributed by atoms with Crippen LogP contribution in [0.2, 0.25) is 0 Å². The Bertz CT molecular complexity index is 769. The quantitative estimate of drug-likeness (QED) is 0.722. The van der Waals surface area contributed by atoms with Gasteiger partial charge in [-0.3, -0.25) is 15.7 Å². The zero-order valence-electron chi connectivity index (χ0n) is 11.4. The van der Waals surface area contributed by atoms with E-state index in [-0.39, 0.29) is 0 Å². The van der Waals surface area contributed by atoms with E-state index in [2.05, 4.69) is 9.97 Å². The number of carbonyl (C=O) groups excluding carboxylic acids is 1. The van der Waals surface area contributed by atoms with Gasteiger partial charge in [0, 0.05) is 24.2 Å². The van der Waals surface area contributed by atoms with E-state index in [1.165, 1.54) is 10.9 Å². The van der Waals surface area contributed by atoms with Crippen molar-refractivity contribution in [2.45, 2.75) is 0 Å². The van der Waals surface area contributed by atoms with Crippen molar-refractivity contribution in [2.24, 2.45) is 0 Å². The molecular formula is C15H12N4O3. The molecule has 0 aliphatic heterocycles. The van der Waals surface area contributed by atoms with Crippen molar-refractivity contribution < 1.29 is 14.7 Å². The molecule has 2 aromatic heterocycles. The minimum absolute atomic E-state index is 0.362. The summed E-state index contributed by atoms with van der Waals surface area (Å²) in [4.78, 5) is 20.2. The summed E-state index contributed by atoms with van der Waals surface area (Å²) < 4.78 is 6.46. The molecule has 0 fully saturated rings. The molecule has 0 aliphatic carbocycles. The number of nitrogens with zero attached hydrogens (tertiary/aromatic N) is 3. The number of ether oxygens (including phenoxy) is 1.